The molecule has 3 rings (SSSR count). The number of nitrogens with zero attached hydrogens (tertiary/aromatic N) is 2. The van der Waals surface area contributed by atoms with Gasteiger partial charge in [0.1, 0.15) is 5.82 Å². The lowest BCUT2D eigenvalue weighted by Gasteiger charge is -2.09. The molecule has 0 spiro atoms. The van der Waals surface area contributed by atoms with E-state index in [1.54, 1.807) is 30.3 Å². The lowest BCUT2D eigenvalue weighted by molar-refractivity contribution is 0.602. The Morgan fingerprint density at radius 3 is 2.32 bits per heavy atom. The van der Waals surface area contributed by atoms with Crippen molar-refractivity contribution < 1.29 is 8.42 Å². The minimum absolute atomic E-state index is 0.287. The van der Waals surface area contributed by atoms with Crippen LogP contribution in [0.15, 0.2) is 96.6 Å². The van der Waals surface area contributed by atoms with Gasteiger partial charge in [0.15, 0.2) is 9.84 Å². The van der Waals surface area contributed by atoms with Crippen LogP contribution in [-0.4, -0.2) is 24.2 Å². The molecule has 0 aliphatic rings. The van der Waals surface area contributed by atoms with Crippen LogP contribution in [-0.2, 0) is 9.84 Å². The van der Waals surface area contributed by atoms with Crippen LogP contribution in [0, 0.1) is 0 Å². The number of benzene rings is 2. The molecule has 0 N–H and O–H groups in total. The van der Waals surface area contributed by atoms with Crippen molar-refractivity contribution in [2.24, 2.45) is 0 Å². The summed E-state index contributed by atoms with van der Waals surface area (Å²) in [5.74, 6) is 0.735. The molecule has 0 aliphatic heterocycles. The maximum absolute atomic E-state index is 11.8. The molecule has 3 aromatic rings. The second-order valence-corrected chi connectivity index (χ2v) is 8.32. The summed E-state index contributed by atoms with van der Waals surface area (Å²) in [4.78, 5) is 5.11. The summed E-state index contributed by atoms with van der Waals surface area (Å²) in [5, 5.41) is 0. The van der Waals surface area contributed by atoms with Crippen molar-refractivity contribution in [3.05, 3.63) is 97.5 Å². The molecule has 2 aromatic carbocycles. The highest BCUT2D eigenvalue weighted by molar-refractivity contribution is 7.90. The quantitative estimate of drug-likeness (QED) is 0.551. The fraction of sp³-hybridized carbons (Fsp3) is 0.0870. The number of hydrogen-bond acceptors (Lipinski definition) is 3. The fourth-order valence-electron chi connectivity index (χ4n) is 2.82. The van der Waals surface area contributed by atoms with Gasteiger partial charge in [0, 0.05) is 29.3 Å². The Balaban J connectivity index is 2.18. The van der Waals surface area contributed by atoms with Gasteiger partial charge in [-0.05, 0) is 31.2 Å². The van der Waals surface area contributed by atoms with Gasteiger partial charge in [-0.2, -0.15) is 0 Å². The summed E-state index contributed by atoms with van der Waals surface area (Å²) in [7, 11) is -3.24. The highest BCUT2D eigenvalue weighted by atomic mass is 32.2. The van der Waals surface area contributed by atoms with Crippen LogP contribution < -0.4 is 0 Å². The SMILES string of the molecule is C=C/C(=C\C=C/C)c1nc(-c2ccccc2)cn1-c1ccc(S(C)(=O)=O)cc1. The van der Waals surface area contributed by atoms with Crippen LogP contribution in [0.2, 0.25) is 0 Å². The number of rotatable bonds is 6. The first-order chi connectivity index (χ1) is 13.4. The van der Waals surface area contributed by atoms with Gasteiger partial charge in [0.2, 0.25) is 0 Å². The summed E-state index contributed by atoms with van der Waals surface area (Å²) in [5.41, 5.74) is 3.53. The van der Waals surface area contributed by atoms with E-state index in [1.807, 2.05) is 66.2 Å². The topological polar surface area (TPSA) is 52.0 Å². The maximum atomic E-state index is 11.8. The monoisotopic (exact) mass is 390 g/mol. The van der Waals surface area contributed by atoms with E-state index in [0.717, 1.165) is 28.3 Å². The first-order valence-corrected chi connectivity index (χ1v) is 10.7. The van der Waals surface area contributed by atoms with Crippen LogP contribution >= 0.6 is 0 Å². The van der Waals surface area contributed by atoms with Crippen molar-refractivity contribution in [3.8, 4) is 16.9 Å². The largest absolute Gasteiger partial charge is 0.299 e. The van der Waals surface area contributed by atoms with Gasteiger partial charge in [-0.25, -0.2) is 13.4 Å². The molecule has 0 saturated heterocycles. The van der Waals surface area contributed by atoms with Crippen LogP contribution in [0.4, 0.5) is 0 Å². The van der Waals surface area contributed by atoms with E-state index in [0.29, 0.717) is 0 Å². The lowest BCUT2D eigenvalue weighted by atomic mass is 10.2. The zero-order valence-electron chi connectivity index (χ0n) is 15.9. The Hall–Kier alpha value is -3.18. The highest BCUT2D eigenvalue weighted by Crippen LogP contribution is 2.26. The Labute approximate surface area is 166 Å². The van der Waals surface area contributed by atoms with Crippen molar-refractivity contribution in [2.75, 3.05) is 6.26 Å². The Morgan fingerprint density at radius 2 is 1.75 bits per heavy atom. The van der Waals surface area contributed by atoms with Crippen molar-refractivity contribution in [3.63, 3.8) is 0 Å². The second kappa shape index (κ2) is 8.23. The van der Waals surface area contributed by atoms with Crippen LogP contribution in [0.1, 0.15) is 12.7 Å². The predicted molar refractivity (Wildman–Crippen MR) is 115 cm³/mol. The molecule has 1 heterocycles. The number of sulfone groups is 1. The molecule has 0 saturated carbocycles. The Morgan fingerprint density at radius 1 is 1.07 bits per heavy atom. The normalized spacial score (nSPS) is 12.4. The van der Waals surface area contributed by atoms with E-state index in [2.05, 4.69) is 6.58 Å². The van der Waals surface area contributed by atoms with Crippen LogP contribution in [0.5, 0.6) is 0 Å². The van der Waals surface area contributed by atoms with Crippen molar-refractivity contribution in [2.45, 2.75) is 11.8 Å². The number of hydrogen-bond donors (Lipinski definition) is 0. The molecule has 0 amide bonds. The van der Waals surface area contributed by atoms with Gasteiger partial charge in [-0.1, -0.05) is 61.2 Å². The van der Waals surface area contributed by atoms with E-state index in [1.165, 1.54) is 6.26 Å². The number of allylic oxidation sites excluding steroid dienone is 5. The molecule has 0 fully saturated rings. The van der Waals surface area contributed by atoms with Gasteiger partial charge < -0.3 is 0 Å². The first-order valence-electron chi connectivity index (χ1n) is 8.85. The smallest absolute Gasteiger partial charge is 0.175 e. The van der Waals surface area contributed by atoms with Crippen molar-refractivity contribution >= 4 is 15.4 Å². The van der Waals surface area contributed by atoms with Crippen molar-refractivity contribution in [1.29, 1.82) is 0 Å². The summed E-state index contributed by atoms with van der Waals surface area (Å²) in [6.07, 6.45) is 10.7. The molecule has 5 heteroatoms. The number of aromatic nitrogens is 2. The zero-order chi connectivity index (χ0) is 20.1. The Bertz CT molecular complexity index is 1140. The van der Waals surface area contributed by atoms with Gasteiger partial charge in [-0.15, -0.1) is 0 Å². The van der Waals surface area contributed by atoms with E-state index in [9.17, 15) is 8.42 Å². The number of imidazole rings is 1. The van der Waals surface area contributed by atoms with E-state index >= 15 is 0 Å². The van der Waals surface area contributed by atoms with E-state index in [4.69, 9.17) is 4.98 Å². The molecular formula is C23H22N2O2S. The molecule has 0 radical (unpaired) electrons. The Kier molecular flexibility index (Phi) is 5.76. The van der Waals surface area contributed by atoms with E-state index in [-0.39, 0.29) is 4.90 Å². The van der Waals surface area contributed by atoms with Gasteiger partial charge in [-0.3, -0.25) is 4.57 Å². The average Bonchev–Trinajstić information content (AvgIpc) is 3.14. The second-order valence-electron chi connectivity index (χ2n) is 6.30. The van der Waals surface area contributed by atoms with Crippen LogP contribution in [0.3, 0.4) is 0 Å². The summed E-state index contributed by atoms with van der Waals surface area (Å²) in [6, 6.07) is 16.7. The minimum atomic E-state index is -3.24. The maximum Gasteiger partial charge on any atom is 0.175 e. The lowest BCUT2D eigenvalue weighted by Crippen LogP contribution is -2.01. The van der Waals surface area contributed by atoms with E-state index < -0.39 is 9.84 Å². The van der Waals surface area contributed by atoms with Gasteiger partial charge in [0.05, 0.1) is 10.6 Å². The third-order valence-electron chi connectivity index (χ3n) is 4.26. The van der Waals surface area contributed by atoms with Gasteiger partial charge in [0.25, 0.3) is 0 Å². The summed E-state index contributed by atoms with van der Waals surface area (Å²) >= 11 is 0. The molecule has 0 bridgehead atoms. The molecule has 0 atom stereocenters. The molecule has 142 valence electrons. The first kappa shape index (κ1) is 19.6. The zero-order valence-corrected chi connectivity index (χ0v) is 16.7. The van der Waals surface area contributed by atoms with Gasteiger partial charge >= 0.3 is 0 Å². The third kappa shape index (κ3) is 4.21. The molecule has 28 heavy (non-hydrogen) atoms. The standard InChI is InChI=1S/C23H22N2O2S/c1-4-6-10-18(5-2)23-24-22(19-11-8-7-9-12-19)17-25(23)20-13-15-21(16-14-20)28(3,26)27/h4-17H,2H2,1,3H3/b6-4-,18-10+. The molecule has 1 aromatic heterocycles. The fourth-order valence-corrected chi connectivity index (χ4v) is 3.45. The van der Waals surface area contributed by atoms with Crippen molar-refractivity contribution in [1.82, 2.24) is 9.55 Å². The molecule has 0 unspecified atom stereocenters. The average molecular weight is 391 g/mol. The predicted octanol–water partition coefficient (Wildman–Crippen LogP) is 5.09. The summed E-state index contributed by atoms with van der Waals surface area (Å²) in [6.45, 7) is 5.87. The molecule has 0 aliphatic carbocycles. The molecular weight excluding hydrogens is 368 g/mol. The van der Waals surface area contributed by atoms with Crippen LogP contribution in [0.25, 0.3) is 22.5 Å². The minimum Gasteiger partial charge on any atom is -0.299 e. The highest BCUT2D eigenvalue weighted by Gasteiger charge is 2.14. The summed E-state index contributed by atoms with van der Waals surface area (Å²) < 4.78 is 25.5. The third-order valence-corrected chi connectivity index (χ3v) is 5.39. The molecule has 4 nitrogen and oxygen atoms in total.